The summed E-state index contributed by atoms with van der Waals surface area (Å²) < 4.78 is 0. The lowest BCUT2D eigenvalue weighted by Crippen LogP contribution is -2.33. The summed E-state index contributed by atoms with van der Waals surface area (Å²) in [6.45, 7) is 6.03. The minimum Gasteiger partial charge on any atom is -0.385 e. The Labute approximate surface area is 119 Å². The summed E-state index contributed by atoms with van der Waals surface area (Å²) in [6.07, 6.45) is 4.74. The Balaban J connectivity index is 2.09. The van der Waals surface area contributed by atoms with Gasteiger partial charge in [-0.3, -0.25) is 10.1 Å². The van der Waals surface area contributed by atoms with Crippen molar-refractivity contribution >= 4 is 17.1 Å². The van der Waals surface area contributed by atoms with Crippen molar-refractivity contribution in [2.75, 3.05) is 23.7 Å². The summed E-state index contributed by atoms with van der Waals surface area (Å²) >= 11 is 0. The first-order chi connectivity index (χ1) is 9.52. The number of nitro groups is 1. The van der Waals surface area contributed by atoms with Crippen LogP contribution in [-0.4, -0.2) is 18.0 Å². The van der Waals surface area contributed by atoms with Crippen LogP contribution in [0.4, 0.5) is 17.1 Å². The van der Waals surface area contributed by atoms with E-state index < -0.39 is 0 Å². The average Bonchev–Trinajstić information content (AvgIpc) is 2.40. The van der Waals surface area contributed by atoms with Crippen molar-refractivity contribution in [1.29, 1.82) is 0 Å². The van der Waals surface area contributed by atoms with E-state index in [9.17, 15) is 10.1 Å². The number of anilines is 2. The molecule has 5 nitrogen and oxygen atoms in total. The highest BCUT2D eigenvalue weighted by molar-refractivity contribution is 5.63. The molecular weight excluding hydrogens is 254 g/mol. The second kappa shape index (κ2) is 6.11. The van der Waals surface area contributed by atoms with Gasteiger partial charge in [0.2, 0.25) is 0 Å². The predicted molar refractivity (Wildman–Crippen MR) is 82.3 cm³/mol. The monoisotopic (exact) mass is 277 g/mol. The van der Waals surface area contributed by atoms with Crippen LogP contribution < -0.4 is 10.6 Å². The summed E-state index contributed by atoms with van der Waals surface area (Å²) in [5, 5.41) is 17.6. The van der Waals surface area contributed by atoms with Gasteiger partial charge in [-0.25, -0.2) is 0 Å². The second-order valence-electron chi connectivity index (χ2n) is 5.97. The van der Waals surface area contributed by atoms with E-state index in [-0.39, 0.29) is 10.6 Å². The molecule has 0 radical (unpaired) electrons. The van der Waals surface area contributed by atoms with Crippen LogP contribution in [0.2, 0.25) is 0 Å². The lowest BCUT2D eigenvalue weighted by molar-refractivity contribution is -0.384. The van der Waals surface area contributed by atoms with Crippen LogP contribution >= 0.6 is 0 Å². The highest BCUT2D eigenvalue weighted by atomic mass is 16.6. The standard InChI is InChI=1S/C15H23N3O2/c1-3-7-16-12-8-13(10-14(9-12)18(19)20)17-11-15(2)5-4-6-15/h8-10,16-17H,3-7,11H2,1-2H3. The van der Waals surface area contributed by atoms with Gasteiger partial charge >= 0.3 is 0 Å². The summed E-state index contributed by atoms with van der Waals surface area (Å²) in [5.74, 6) is 0. The zero-order valence-corrected chi connectivity index (χ0v) is 12.2. The van der Waals surface area contributed by atoms with Gasteiger partial charge < -0.3 is 10.6 Å². The Bertz CT molecular complexity index is 484. The van der Waals surface area contributed by atoms with Crippen LogP contribution in [0.5, 0.6) is 0 Å². The number of nitro benzene ring substituents is 1. The molecule has 0 unspecified atom stereocenters. The lowest BCUT2D eigenvalue weighted by atomic mass is 9.70. The fraction of sp³-hybridized carbons (Fsp3) is 0.600. The molecule has 0 aliphatic heterocycles. The maximum atomic E-state index is 11.0. The molecule has 0 bridgehead atoms. The molecule has 0 spiro atoms. The number of nitrogens with zero attached hydrogens (tertiary/aromatic N) is 1. The summed E-state index contributed by atoms with van der Waals surface area (Å²) in [7, 11) is 0. The molecule has 1 aromatic rings. The normalized spacial score (nSPS) is 16.3. The van der Waals surface area contributed by atoms with Gasteiger partial charge in [0.1, 0.15) is 0 Å². The molecule has 1 aliphatic rings. The first-order valence-corrected chi connectivity index (χ1v) is 7.30. The maximum Gasteiger partial charge on any atom is 0.273 e. The average molecular weight is 277 g/mol. The molecule has 2 N–H and O–H groups in total. The van der Waals surface area contributed by atoms with Crippen LogP contribution in [-0.2, 0) is 0 Å². The van der Waals surface area contributed by atoms with E-state index in [2.05, 4.69) is 24.5 Å². The third-order valence-electron chi connectivity index (χ3n) is 3.99. The third-order valence-corrected chi connectivity index (χ3v) is 3.99. The van der Waals surface area contributed by atoms with Crippen molar-refractivity contribution in [3.05, 3.63) is 28.3 Å². The zero-order valence-electron chi connectivity index (χ0n) is 12.2. The van der Waals surface area contributed by atoms with Crippen molar-refractivity contribution in [3.63, 3.8) is 0 Å². The summed E-state index contributed by atoms with van der Waals surface area (Å²) in [5.41, 5.74) is 2.11. The van der Waals surface area contributed by atoms with E-state index in [0.717, 1.165) is 30.9 Å². The highest BCUT2D eigenvalue weighted by Crippen LogP contribution is 2.40. The summed E-state index contributed by atoms with van der Waals surface area (Å²) in [4.78, 5) is 10.7. The van der Waals surface area contributed by atoms with Gasteiger partial charge in [-0.1, -0.05) is 20.3 Å². The Kier molecular flexibility index (Phi) is 4.47. The van der Waals surface area contributed by atoms with Gasteiger partial charge in [0.25, 0.3) is 5.69 Å². The van der Waals surface area contributed by atoms with Crippen LogP contribution in [0.15, 0.2) is 18.2 Å². The van der Waals surface area contributed by atoms with Gasteiger partial charge in [-0.15, -0.1) is 0 Å². The Hall–Kier alpha value is -1.78. The fourth-order valence-electron chi connectivity index (χ4n) is 2.46. The van der Waals surface area contributed by atoms with E-state index in [4.69, 9.17) is 0 Å². The van der Waals surface area contributed by atoms with Crippen LogP contribution in [0, 0.1) is 15.5 Å². The highest BCUT2D eigenvalue weighted by Gasteiger charge is 2.31. The Morgan fingerprint density at radius 1 is 1.25 bits per heavy atom. The molecule has 5 heteroatoms. The minimum atomic E-state index is -0.340. The molecule has 0 amide bonds. The molecule has 0 aromatic heterocycles. The SMILES string of the molecule is CCCNc1cc(NCC2(C)CCC2)cc([N+](=O)[O-])c1. The molecule has 1 aliphatic carbocycles. The predicted octanol–water partition coefficient (Wildman–Crippen LogP) is 4.02. The number of rotatable bonds is 7. The van der Waals surface area contributed by atoms with Gasteiger partial charge in [0.05, 0.1) is 4.92 Å². The van der Waals surface area contributed by atoms with Crippen molar-refractivity contribution in [1.82, 2.24) is 0 Å². The minimum absolute atomic E-state index is 0.132. The van der Waals surface area contributed by atoms with Crippen molar-refractivity contribution < 1.29 is 4.92 Å². The maximum absolute atomic E-state index is 11.0. The Morgan fingerprint density at radius 2 is 1.90 bits per heavy atom. The van der Waals surface area contributed by atoms with Crippen molar-refractivity contribution in [2.45, 2.75) is 39.5 Å². The molecule has 0 heterocycles. The van der Waals surface area contributed by atoms with Gasteiger partial charge in [0, 0.05) is 36.6 Å². The van der Waals surface area contributed by atoms with E-state index in [1.54, 1.807) is 12.1 Å². The molecule has 2 rings (SSSR count). The van der Waals surface area contributed by atoms with E-state index in [1.807, 2.05) is 6.07 Å². The number of nitrogens with one attached hydrogen (secondary N) is 2. The fourth-order valence-corrected chi connectivity index (χ4v) is 2.46. The van der Waals surface area contributed by atoms with Crippen LogP contribution in [0.3, 0.4) is 0 Å². The zero-order chi connectivity index (χ0) is 14.6. The van der Waals surface area contributed by atoms with E-state index in [1.165, 1.54) is 19.3 Å². The first kappa shape index (κ1) is 14.6. The molecule has 0 atom stereocenters. The topological polar surface area (TPSA) is 67.2 Å². The van der Waals surface area contributed by atoms with E-state index >= 15 is 0 Å². The van der Waals surface area contributed by atoms with Crippen molar-refractivity contribution in [3.8, 4) is 0 Å². The Morgan fingerprint density at radius 3 is 2.40 bits per heavy atom. The first-order valence-electron chi connectivity index (χ1n) is 7.30. The molecule has 20 heavy (non-hydrogen) atoms. The number of hydrogen-bond donors (Lipinski definition) is 2. The largest absolute Gasteiger partial charge is 0.385 e. The van der Waals surface area contributed by atoms with Crippen molar-refractivity contribution in [2.24, 2.45) is 5.41 Å². The quantitative estimate of drug-likeness (QED) is 0.583. The number of non-ortho nitro benzene ring substituents is 1. The molecule has 1 fully saturated rings. The second-order valence-corrected chi connectivity index (χ2v) is 5.97. The van der Waals surface area contributed by atoms with Gasteiger partial charge in [-0.05, 0) is 30.7 Å². The molecule has 110 valence electrons. The lowest BCUT2D eigenvalue weighted by Gasteiger charge is -2.38. The smallest absolute Gasteiger partial charge is 0.273 e. The molecule has 0 saturated heterocycles. The van der Waals surface area contributed by atoms with Gasteiger partial charge in [-0.2, -0.15) is 0 Å². The molecule has 1 aromatic carbocycles. The number of hydrogen-bond acceptors (Lipinski definition) is 4. The van der Waals surface area contributed by atoms with E-state index in [0.29, 0.717) is 5.41 Å². The molecule has 1 saturated carbocycles. The van der Waals surface area contributed by atoms with Crippen LogP contribution in [0.25, 0.3) is 0 Å². The molecular formula is C15H23N3O2. The van der Waals surface area contributed by atoms with Gasteiger partial charge in [0.15, 0.2) is 0 Å². The van der Waals surface area contributed by atoms with Crippen LogP contribution in [0.1, 0.15) is 39.5 Å². The third kappa shape index (κ3) is 3.62. The number of benzene rings is 1. The summed E-state index contributed by atoms with van der Waals surface area (Å²) in [6, 6.07) is 5.15.